The first-order chi connectivity index (χ1) is 17.6. The number of hydrogen-bond acceptors (Lipinski definition) is 7. The first kappa shape index (κ1) is 25.2. The molecule has 0 spiro atoms. The molecule has 1 aliphatic heterocycles. The zero-order valence-electron chi connectivity index (χ0n) is 20.1. The van der Waals surface area contributed by atoms with Gasteiger partial charge in [0.25, 0.3) is 0 Å². The van der Waals surface area contributed by atoms with Crippen LogP contribution < -0.4 is 25.6 Å². The summed E-state index contributed by atoms with van der Waals surface area (Å²) in [5, 5.41) is 2.63. The molecule has 2 aliphatic rings. The number of nitrogens with one attached hydrogen (secondary N) is 3. The highest BCUT2D eigenvalue weighted by Crippen LogP contribution is 2.60. The molecule has 2 heterocycles. The third-order valence-corrected chi connectivity index (χ3v) is 7.01. The van der Waals surface area contributed by atoms with Gasteiger partial charge in [-0.2, -0.15) is 13.2 Å². The topological polar surface area (TPSA) is 97.4 Å². The number of benzene rings is 2. The van der Waals surface area contributed by atoms with E-state index in [-0.39, 0.29) is 31.2 Å². The van der Waals surface area contributed by atoms with E-state index in [0.717, 1.165) is 0 Å². The summed E-state index contributed by atoms with van der Waals surface area (Å²) in [6.45, 7) is 0. The number of nitrogens with zero attached hydrogens (tertiary/aromatic N) is 2. The minimum atomic E-state index is -4.30. The van der Waals surface area contributed by atoms with Gasteiger partial charge in [-0.3, -0.25) is 15.2 Å². The van der Waals surface area contributed by atoms with Crippen molar-refractivity contribution in [3.05, 3.63) is 47.9 Å². The molecule has 2 aromatic carbocycles. The SMILES string of the molecule is COc1cc2ncc(-c3ccc(CC(=O)NC4CC(C5(C(F)(F)F)CC5)NN4)c(F)c3)nc2cc1OC. The quantitative estimate of drug-likeness (QED) is 0.410. The number of aromatic nitrogens is 2. The van der Waals surface area contributed by atoms with Crippen LogP contribution in [0, 0.1) is 11.2 Å². The molecular formula is C25H25F4N5O3. The van der Waals surface area contributed by atoms with Crippen molar-refractivity contribution < 1.29 is 31.8 Å². The van der Waals surface area contributed by atoms with Gasteiger partial charge in [-0.05, 0) is 30.9 Å². The van der Waals surface area contributed by atoms with Gasteiger partial charge < -0.3 is 14.8 Å². The van der Waals surface area contributed by atoms with Gasteiger partial charge in [0.2, 0.25) is 5.91 Å². The van der Waals surface area contributed by atoms with Crippen LogP contribution in [-0.2, 0) is 11.2 Å². The number of amides is 1. The van der Waals surface area contributed by atoms with E-state index < -0.39 is 35.5 Å². The number of hydrazine groups is 1. The van der Waals surface area contributed by atoms with E-state index in [4.69, 9.17) is 9.47 Å². The number of halogens is 4. The third-order valence-electron chi connectivity index (χ3n) is 7.01. The molecule has 1 saturated carbocycles. The summed E-state index contributed by atoms with van der Waals surface area (Å²) in [4.78, 5) is 21.4. The number of hydrogen-bond donors (Lipinski definition) is 3. The number of carbonyl (C=O) groups excluding carboxylic acids is 1. The van der Waals surface area contributed by atoms with Gasteiger partial charge in [-0.25, -0.2) is 14.8 Å². The van der Waals surface area contributed by atoms with Crippen molar-refractivity contribution in [2.24, 2.45) is 5.41 Å². The van der Waals surface area contributed by atoms with E-state index in [2.05, 4.69) is 26.1 Å². The fourth-order valence-electron chi connectivity index (χ4n) is 4.72. The number of carbonyl (C=O) groups is 1. The van der Waals surface area contributed by atoms with E-state index >= 15 is 0 Å². The van der Waals surface area contributed by atoms with E-state index in [1.807, 2.05) is 0 Å². The molecule has 3 aromatic rings. The number of rotatable bonds is 7. The number of methoxy groups -OCH3 is 2. The zero-order chi connectivity index (χ0) is 26.4. The fourth-order valence-corrected chi connectivity index (χ4v) is 4.72. The Labute approximate surface area is 209 Å². The van der Waals surface area contributed by atoms with E-state index in [0.29, 0.717) is 33.8 Å². The minimum Gasteiger partial charge on any atom is -0.493 e. The van der Waals surface area contributed by atoms with Gasteiger partial charge in [0, 0.05) is 23.7 Å². The molecule has 0 bridgehead atoms. The summed E-state index contributed by atoms with van der Waals surface area (Å²) in [5.74, 6) is -0.114. The highest BCUT2D eigenvalue weighted by Gasteiger charge is 2.68. The van der Waals surface area contributed by atoms with Crippen molar-refractivity contribution in [2.45, 2.75) is 44.1 Å². The van der Waals surface area contributed by atoms with Crippen LogP contribution in [0.4, 0.5) is 17.6 Å². The molecule has 2 unspecified atom stereocenters. The molecule has 3 N–H and O–H groups in total. The number of fused-ring (bicyclic) bond motifs is 1. The monoisotopic (exact) mass is 519 g/mol. The minimum absolute atomic E-state index is 0.0669. The van der Waals surface area contributed by atoms with Gasteiger partial charge in [0.1, 0.15) is 5.82 Å². The lowest BCUT2D eigenvalue weighted by atomic mass is 9.93. The Morgan fingerprint density at radius 2 is 1.81 bits per heavy atom. The standard InChI is InChI=1S/C25H25F4N5O3/c1-36-19-9-16-17(10-20(19)37-2)31-18(12-30-16)14-4-3-13(15(26)7-14)8-23(35)32-22-11-21(33-34-22)24(5-6-24)25(27,28)29/h3-4,7,9-10,12,21-22,33-34H,5-6,8,11H2,1-2H3,(H,32,35). The molecule has 196 valence electrons. The highest BCUT2D eigenvalue weighted by molar-refractivity contribution is 5.81. The predicted molar refractivity (Wildman–Crippen MR) is 126 cm³/mol. The summed E-state index contributed by atoms with van der Waals surface area (Å²) >= 11 is 0. The van der Waals surface area contributed by atoms with E-state index in [1.54, 1.807) is 18.2 Å². The van der Waals surface area contributed by atoms with Crippen LogP contribution >= 0.6 is 0 Å². The fraction of sp³-hybridized carbons (Fsp3) is 0.400. The Hall–Kier alpha value is -3.51. The summed E-state index contributed by atoms with van der Waals surface area (Å²) < 4.78 is 65.5. The molecule has 1 aromatic heterocycles. The number of alkyl halides is 3. The van der Waals surface area contributed by atoms with E-state index in [1.165, 1.54) is 32.5 Å². The molecule has 8 nitrogen and oxygen atoms in total. The normalized spacial score (nSPS) is 20.6. The molecule has 37 heavy (non-hydrogen) atoms. The second-order valence-corrected chi connectivity index (χ2v) is 9.29. The molecule has 2 atom stereocenters. The van der Waals surface area contributed by atoms with Crippen LogP contribution in [0.1, 0.15) is 24.8 Å². The van der Waals surface area contributed by atoms with Crippen molar-refractivity contribution in [1.29, 1.82) is 0 Å². The maximum absolute atomic E-state index is 14.9. The van der Waals surface area contributed by atoms with Crippen LogP contribution in [0.25, 0.3) is 22.3 Å². The Bertz CT molecular complexity index is 1350. The smallest absolute Gasteiger partial charge is 0.396 e. The second kappa shape index (κ2) is 9.42. The Morgan fingerprint density at radius 1 is 1.11 bits per heavy atom. The molecule has 5 rings (SSSR count). The van der Waals surface area contributed by atoms with Crippen molar-refractivity contribution in [3.63, 3.8) is 0 Å². The first-order valence-corrected chi connectivity index (χ1v) is 11.7. The average molecular weight is 519 g/mol. The maximum Gasteiger partial charge on any atom is 0.396 e. The van der Waals surface area contributed by atoms with Gasteiger partial charge in [-0.1, -0.05) is 12.1 Å². The molecule has 2 fully saturated rings. The Morgan fingerprint density at radius 3 is 2.43 bits per heavy atom. The van der Waals surface area contributed by atoms with Crippen LogP contribution in [-0.4, -0.2) is 48.5 Å². The highest BCUT2D eigenvalue weighted by atomic mass is 19.4. The molecule has 1 aliphatic carbocycles. The molecule has 1 saturated heterocycles. The zero-order valence-corrected chi connectivity index (χ0v) is 20.1. The van der Waals surface area contributed by atoms with Crippen LogP contribution in [0.2, 0.25) is 0 Å². The van der Waals surface area contributed by atoms with Gasteiger partial charge >= 0.3 is 6.18 Å². The average Bonchev–Trinajstić information content (AvgIpc) is 3.57. The largest absolute Gasteiger partial charge is 0.493 e. The molecule has 0 radical (unpaired) electrons. The van der Waals surface area contributed by atoms with Crippen molar-refractivity contribution >= 4 is 16.9 Å². The summed E-state index contributed by atoms with van der Waals surface area (Å²) in [6, 6.07) is 6.93. The van der Waals surface area contributed by atoms with Crippen LogP contribution in [0.3, 0.4) is 0 Å². The molecule has 1 amide bonds. The van der Waals surface area contributed by atoms with E-state index in [9.17, 15) is 22.4 Å². The number of ether oxygens (including phenoxy) is 2. The van der Waals surface area contributed by atoms with Gasteiger partial charge in [-0.15, -0.1) is 0 Å². The summed E-state index contributed by atoms with van der Waals surface area (Å²) in [6.07, 6.45) is -3.51. The van der Waals surface area contributed by atoms with Crippen molar-refractivity contribution in [1.82, 2.24) is 26.1 Å². The van der Waals surface area contributed by atoms with Crippen LogP contribution in [0.15, 0.2) is 36.5 Å². The second-order valence-electron chi connectivity index (χ2n) is 9.29. The van der Waals surface area contributed by atoms with Gasteiger partial charge in [0.05, 0.1) is 55.1 Å². The first-order valence-electron chi connectivity index (χ1n) is 11.7. The lowest BCUT2D eigenvalue weighted by Gasteiger charge is -2.25. The van der Waals surface area contributed by atoms with Crippen LogP contribution in [0.5, 0.6) is 11.5 Å². The molecule has 12 heteroatoms. The van der Waals surface area contributed by atoms with Crippen molar-refractivity contribution in [2.75, 3.05) is 14.2 Å². The van der Waals surface area contributed by atoms with Crippen molar-refractivity contribution in [3.8, 4) is 22.8 Å². The summed E-state index contributed by atoms with van der Waals surface area (Å²) in [5.41, 5.74) is 5.79. The maximum atomic E-state index is 14.9. The third kappa shape index (κ3) is 4.78. The molecular weight excluding hydrogens is 494 g/mol. The predicted octanol–water partition coefficient (Wildman–Crippen LogP) is 3.65. The summed E-state index contributed by atoms with van der Waals surface area (Å²) in [7, 11) is 3.03. The van der Waals surface area contributed by atoms with Gasteiger partial charge in [0.15, 0.2) is 11.5 Å². The Balaban J connectivity index is 1.25. The Kier molecular flexibility index (Phi) is 6.40. The lowest BCUT2D eigenvalue weighted by molar-refractivity contribution is -0.194. The lowest BCUT2D eigenvalue weighted by Crippen LogP contribution is -2.46.